The molecular weight excluding hydrogens is 282 g/mol. The summed E-state index contributed by atoms with van der Waals surface area (Å²) in [6.07, 6.45) is 0.986. The zero-order valence-electron chi connectivity index (χ0n) is 9.94. The van der Waals surface area contributed by atoms with Crippen LogP contribution in [-0.2, 0) is 4.74 Å². The molecule has 0 aliphatic carbocycles. The highest BCUT2D eigenvalue weighted by atomic mass is 32.1. The van der Waals surface area contributed by atoms with Crippen LogP contribution in [0.3, 0.4) is 0 Å². The van der Waals surface area contributed by atoms with Crippen LogP contribution in [0, 0.1) is 0 Å². The van der Waals surface area contributed by atoms with E-state index in [9.17, 15) is 0 Å². The van der Waals surface area contributed by atoms with Crippen LogP contribution in [0.4, 0.5) is 5.00 Å². The number of nitrogens with two attached hydrogens (primary N) is 1. The van der Waals surface area contributed by atoms with E-state index in [4.69, 9.17) is 10.5 Å². The second-order valence-corrected chi connectivity index (χ2v) is 6.49. The van der Waals surface area contributed by atoms with Crippen molar-refractivity contribution in [2.24, 2.45) is 0 Å². The number of nitrogen functional groups attached to an aromatic ring is 1. The Bertz CT molecular complexity index is 724. The Morgan fingerprint density at radius 2 is 2.26 bits per heavy atom. The standard InChI is InChI=1S/C11H11N5OS2/c12-8-2-1-7(18-8)10-15-16-9(6-3-4-17-5-6)13-14-11(16)19-10/h1-2,6H,3-5,12H2. The van der Waals surface area contributed by atoms with Crippen LogP contribution >= 0.6 is 22.7 Å². The molecule has 4 rings (SSSR count). The second kappa shape index (κ2) is 4.26. The van der Waals surface area contributed by atoms with Gasteiger partial charge in [-0.1, -0.05) is 11.3 Å². The Kier molecular flexibility index (Phi) is 2.54. The lowest BCUT2D eigenvalue weighted by Crippen LogP contribution is -2.04. The minimum absolute atomic E-state index is 0.304. The van der Waals surface area contributed by atoms with Crippen molar-refractivity contribution < 1.29 is 4.74 Å². The van der Waals surface area contributed by atoms with Crippen LogP contribution in [0.1, 0.15) is 18.2 Å². The first-order valence-corrected chi connectivity index (χ1v) is 7.60. The van der Waals surface area contributed by atoms with Crippen LogP contribution in [0.15, 0.2) is 12.1 Å². The topological polar surface area (TPSA) is 78.3 Å². The monoisotopic (exact) mass is 293 g/mol. The van der Waals surface area contributed by atoms with Crippen molar-refractivity contribution in [2.45, 2.75) is 12.3 Å². The number of nitrogens with zero attached hydrogens (tertiary/aromatic N) is 4. The van der Waals surface area contributed by atoms with Crippen molar-refractivity contribution in [3.05, 3.63) is 18.0 Å². The maximum atomic E-state index is 5.76. The van der Waals surface area contributed by atoms with Crippen LogP contribution in [0.25, 0.3) is 14.8 Å². The van der Waals surface area contributed by atoms with Gasteiger partial charge in [0.2, 0.25) is 4.96 Å². The number of aromatic nitrogens is 4. The van der Waals surface area contributed by atoms with Gasteiger partial charge in [-0.05, 0) is 18.6 Å². The maximum Gasteiger partial charge on any atom is 0.235 e. The third-order valence-electron chi connectivity index (χ3n) is 3.15. The molecule has 3 aromatic heterocycles. The average molecular weight is 293 g/mol. The molecule has 2 N–H and O–H groups in total. The molecule has 19 heavy (non-hydrogen) atoms. The normalized spacial score (nSPS) is 19.5. The summed E-state index contributed by atoms with van der Waals surface area (Å²) in [5, 5.41) is 14.8. The number of thiophene rings is 1. The Morgan fingerprint density at radius 1 is 1.32 bits per heavy atom. The van der Waals surface area contributed by atoms with E-state index in [1.807, 2.05) is 16.6 Å². The molecule has 1 aliphatic heterocycles. The predicted octanol–water partition coefficient (Wildman–Crippen LogP) is 2.00. The minimum Gasteiger partial charge on any atom is -0.391 e. The lowest BCUT2D eigenvalue weighted by molar-refractivity contribution is 0.193. The zero-order chi connectivity index (χ0) is 12.8. The van der Waals surface area contributed by atoms with Crippen molar-refractivity contribution in [3.63, 3.8) is 0 Å². The molecule has 0 bridgehead atoms. The van der Waals surface area contributed by atoms with Gasteiger partial charge >= 0.3 is 0 Å². The van der Waals surface area contributed by atoms with Gasteiger partial charge in [0.15, 0.2) is 10.8 Å². The summed E-state index contributed by atoms with van der Waals surface area (Å²) in [5.74, 6) is 1.21. The molecule has 0 saturated carbocycles. The molecule has 0 aromatic carbocycles. The van der Waals surface area contributed by atoms with Crippen molar-refractivity contribution in [2.75, 3.05) is 18.9 Å². The quantitative estimate of drug-likeness (QED) is 0.782. The molecule has 0 spiro atoms. The Hall–Kier alpha value is -1.51. The van der Waals surface area contributed by atoms with Crippen molar-refractivity contribution in [1.82, 2.24) is 19.8 Å². The summed E-state index contributed by atoms with van der Waals surface area (Å²) < 4.78 is 7.25. The van der Waals surface area contributed by atoms with Crippen LogP contribution < -0.4 is 5.73 Å². The lowest BCUT2D eigenvalue weighted by Gasteiger charge is -2.01. The molecule has 4 heterocycles. The van der Waals surface area contributed by atoms with E-state index < -0.39 is 0 Å². The number of ether oxygens (including phenoxy) is 1. The van der Waals surface area contributed by atoms with Crippen LogP contribution in [0.5, 0.6) is 0 Å². The summed E-state index contributed by atoms with van der Waals surface area (Å²) in [5.41, 5.74) is 5.76. The molecule has 1 unspecified atom stereocenters. The molecule has 1 aliphatic rings. The smallest absolute Gasteiger partial charge is 0.235 e. The number of rotatable bonds is 2. The molecule has 0 amide bonds. The maximum absolute atomic E-state index is 5.76. The Morgan fingerprint density at radius 3 is 3.00 bits per heavy atom. The molecule has 3 aromatic rings. The Labute approximate surface area is 116 Å². The second-order valence-electron chi connectivity index (χ2n) is 4.42. The summed E-state index contributed by atoms with van der Waals surface area (Å²) in [7, 11) is 0. The van der Waals surface area contributed by atoms with E-state index in [0.717, 1.165) is 38.7 Å². The third-order valence-corrected chi connectivity index (χ3v) is 5.13. The minimum atomic E-state index is 0.304. The highest BCUT2D eigenvalue weighted by molar-refractivity contribution is 7.25. The molecule has 0 radical (unpaired) electrons. The third kappa shape index (κ3) is 1.83. The molecule has 6 nitrogen and oxygen atoms in total. The Balaban J connectivity index is 1.79. The largest absolute Gasteiger partial charge is 0.391 e. The molecule has 1 atom stereocenters. The molecule has 1 saturated heterocycles. The fourth-order valence-electron chi connectivity index (χ4n) is 2.19. The van der Waals surface area contributed by atoms with Gasteiger partial charge < -0.3 is 10.5 Å². The molecule has 8 heteroatoms. The number of fused-ring (bicyclic) bond motifs is 1. The first-order chi connectivity index (χ1) is 9.31. The van der Waals surface area contributed by atoms with Gasteiger partial charge in [-0.2, -0.15) is 9.61 Å². The van der Waals surface area contributed by atoms with Crippen LogP contribution in [-0.4, -0.2) is 33.0 Å². The van der Waals surface area contributed by atoms with E-state index in [2.05, 4.69) is 15.3 Å². The van der Waals surface area contributed by atoms with Gasteiger partial charge in [-0.3, -0.25) is 0 Å². The lowest BCUT2D eigenvalue weighted by atomic mass is 10.1. The van der Waals surface area contributed by atoms with Gasteiger partial charge in [-0.15, -0.1) is 21.5 Å². The van der Waals surface area contributed by atoms with E-state index in [0.29, 0.717) is 12.5 Å². The van der Waals surface area contributed by atoms with Crippen molar-refractivity contribution >= 4 is 32.6 Å². The first-order valence-electron chi connectivity index (χ1n) is 5.97. The van der Waals surface area contributed by atoms with Crippen LogP contribution in [0.2, 0.25) is 0 Å². The van der Waals surface area contributed by atoms with E-state index in [-0.39, 0.29) is 0 Å². The van der Waals surface area contributed by atoms with Gasteiger partial charge in [-0.25, -0.2) is 0 Å². The summed E-state index contributed by atoms with van der Waals surface area (Å²) in [4.78, 5) is 1.89. The van der Waals surface area contributed by atoms with Crippen molar-refractivity contribution in [1.29, 1.82) is 0 Å². The highest BCUT2D eigenvalue weighted by Gasteiger charge is 2.25. The van der Waals surface area contributed by atoms with Gasteiger partial charge in [0, 0.05) is 12.5 Å². The SMILES string of the molecule is Nc1ccc(-c2nn3c(C4CCOC4)nnc3s2)s1. The summed E-state index contributed by atoms with van der Waals surface area (Å²) >= 11 is 3.07. The van der Waals surface area contributed by atoms with Gasteiger partial charge in [0.05, 0.1) is 16.5 Å². The van der Waals surface area contributed by atoms with E-state index >= 15 is 0 Å². The summed E-state index contributed by atoms with van der Waals surface area (Å²) in [6, 6.07) is 3.89. The highest BCUT2D eigenvalue weighted by Crippen LogP contribution is 2.33. The average Bonchev–Trinajstić information content (AvgIpc) is 3.11. The molecule has 1 fully saturated rings. The summed E-state index contributed by atoms with van der Waals surface area (Å²) in [6.45, 7) is 1.50. The zero-order valence-corrected chi connectivity index (χ0v) is 11.6. The molecule has 98 valence electrons. The van der Waals surface area contributed by atoms with Gasteiger partial charge in [0.1, 0.15) is 0 Å². The number of hydrogen-bond acceptors (Lipinski definition) is 7. The van der Waals surface area contributed by atoms with E-state index in [1.165, 1.54) is 22.7 Å². The number of hydrogen-bond donors (Lipinski definition) is 1. The first kappa shape index (κ1) is 11.3. The van der Waals surface area contributed by atoms with Gasteiger partial charge in [0.25, 0.3) is 0 Å². The number of anilines is 1. The predicted molar refractivity (Wildman–Crippen MR) is 74.6 cm³/mol. The van der Waals surface area contributed by atoms with Crippen molar-refractivity contribution in [3.8, 4) is 9.88 Å². The fraction of sp³-hybridized carbons (Fsp3) is 0.364. The fourth-order valence-corrected chi connectivity index (χ4v) is 3.86. The molecular formula is C11H11N5OS2. The van der Waals surface area contributed by atoms with E-state index in [1.54, 1.807) is 0 Å².